The predicted molar refractivity (Wildman–Crippen MR) is 173 cm³/mol. The van der Waals surface area contributed by atoms with Crippen LogP contribution in [0.4, 0.5) is 19.0 Å². The van der Waals surface area contributed by atoms with Gasteiger partial charge < -0.3 is 19.5 Å². The van der Waals surface area contributed by atoms with Crippen molar-refractivity contribution in [3.8, 4) is 23.0 Å². The van der Waals surface area contributed by atoms with Crippen LogP contribution >= 0.6 is 0 Å². The topological polar surface area (TPSA) is 101 Å². The lowest BCUT2D eigenvalue weighted by Gasteiger charge is -2.38. The van der Waals surface area contributed by atoms with Crippen LogP contribution in [0.5, 0.6) is 11.8 Å². The van der Waals surface area contributed by atoms with Gasteiger partial charge in [-0.3, -0.25) is 14.1 Å². The molecule has 47 heavy (non-hydrogen) atoms. The lowest BCUT2D eigenvalue weighted by Crippen LogP contribution is -2.46. The van der Waals surface area contributed by atoms with Gasteiger partial charge in [0.05, 0.1) is 28.3 Å². The van der Waals surface area contributed by atoms with Crippen molar-refractivity contribution in [1.29, 1.82) is 0 Å². The van der Waals surface area contributed by atoms with E-state index in [2.05, 4.69) is 14.9 Å². The number of aryl methyl sites for hydroxylation is 1. The van der Waals surface area contributed by atoms with E-state index in [1.807, 2.05) is 11.8 Å². The molecule has 0 saturated carbocycles. The van der Waals surface area contributed by atoms with Crippen LogP contribution in [-0.2, 0) is 22.0 Å². The molecule has 248 valence electrons. The fourth-order valence-electron chi connectivity index (χ4n) is 8.18. The van der Waals surface area contributed by atoms with Crippen LogP contribution in [0.1, 0.15) is 44.6 Å². The number of phenols is 1. The highest BCUT2D eigenvalue weighted by molar-refractivity contribution is 7.86. The molecule has 3 atom stereocenters. The standard InChI is InChI=1S/C34H36F3N5O4S/c1-2-23-26(36)5-4-20-14-22(43)15-24(27(20)23)29-28(37)30-25(17-38-29)31(41-10-7-34(8-11-41)46-12-13-47(34)44)40-32(39-30)45-19-33-6-3-9-42(33)18-21(35)16-33/h4-5,14-15,17,21,43H,2-3,6-13,16,18-19H2,1H3/t21-,33+,47?/m1/s1. The van der Waals surface area contributed by atoms with Crippen molar-refractivity contribution in [1.82, 2.24) is 19.9 Å². The van der Waals surface area contributed by atoms with Crippen molar-refractivity contribution in [3.63, 3.8) is 0 Å². The summed E-state index contributed by atoms with van der Waals surface area (Å²) in [6, 6.07) is 5.77. The van der Waals surface area contributed by atoms with E-state index in [9.17, 15) is 18.1 Å². The first-order chi connectivity index (χ1) is 22.7. The first-order valence-electron chi connectivity index (χ1n) is 16.3. The lowest BCUT2D eigenvalue weighted by molar-refractivity contribution is 0.0309. The molecule has 4 fully saturated rings. The molecule has 2 aromatic heterocycles. The maximum Gasteiger partial charge on any atom is 0.319 e. The van der Waals surface area contributed by atoms with E-state index in [-0.39, 0.29) is 35.1 Å². The summed E-state index contributed by atoms with van der Waals surface area (Å²) in [7, 11) is -1.09. The van der Waals surface area contributed by atoms with Gasteiger partial charge >= 0.3 is 6.01 Å². The monoisotopic (exact) mass is 667 g/mol. The molecular formula is C34H36F3N5O4S. The summed E-state index contributed by atoms with van der Waals surface area (Å²) >= 11 is 0. The molecule has 6 heterocycles. The van der Waals surface area contributed by atoms with E-state index in [0.29, 0.717) is 85.2 Å². The highest BCUT2D eigenvalue weighted by Gasteiger charge is 2.49. The van der Waals surface area contributed by atoms with Crippen LogP contribution in [0.3, 0.4) is 0 Å². The van der Waals surface area contributed by atoms with Gasteiger partial charge in [0.2, 0.25) is 0 Å². The number of fused-ring (bicyclic) bond motifs is 3. The molecule has 8 rings (SSSR count). The third-order valence-electron chi connectivity index (χ3n) is 10.5. The number of ether oxygens (including phenoxy) is 2. The van der Waals surface area contributed by atoms with Crippen LogP contribution in [0.2, 0.25) is 0 Å². The van der Waals surface area contributed by atoms with Gasteiger partial charge in [0, 0.05) is 56.4 Å². The highest BCUT2D eigenvalue weighted by atomic mass is 32.2. The van der Waals surface area contributed by atoms with Gasteiger partial charge in [0.15, 0.2) is 5.82 Å². The van der Waals surface area contributed by atoms with Crippen LogP contribution in [0.25, 0.3) is 32.9 Å². The number of aromatic hydroxyl groups is 1. The third-order valence-corrected chi connectivity index (χ3v) is 12.4. The van der Waals surface area contributed by atoms with Crippen molar-refractivity contribution in [3.05, 3.63) is 47.7 Å². The zero-order valence-corrected chi connectivity index (χ0v) is 26.9. The molecule has 4 saturated heterocycles. The van der Waals surface area contributed by atoms with Crippen molar-refractivity contribution in [2.75, 3.05) is 50.0 Å². The zero-order chi connectivity index (χ0) is 32.5. The van der Waals surface area contributed by atoms with E-state index in [4.69, 9.17) is 14.5 Å². The average Bonchev–Trinajstić information content (AvgIpc) is 3.71. The second-order valence-corrected chi connectivity index (χ2v) is 15.0. The summed E-state index contributed by atoms with van der Waals surface area (Å²) in [4.78, 5) is 17.3. The van der Waals surface area contributed by atoms with E-state index in [1.54, 1.807) is 6.07 Å². The van der Waals surface area contributed by atoms with Crippen molar-refractivity contribution >= 4 is 38.3 Å². The van der Waals surface area contributed by atoms with Gasteiger partial charge in [-0.15, -0.1) is 0 Å². The van der Waals surface area contributed by atoms with Crippen LogP contribution in [0.15, 0.2) is 30.5 Å². The third kappa shape index (κ3) is 5.04. The minimum absolute atomic E-state index is 0.0301. The molecule has 4 aromatic rings. The summed E-state index contributed by atoms with van der Waals surface area (Å²) in [6.07, 6.45) is 4.06. The van der Waals surface area contributed by atoms with Crippen LogP contribution < -0.4 is 9.64 Å². The second kappa shape index (κ2) is 11.6. The first-order valence-corrected chi connectivity index (χ1v) is 17.6. The fraction of sp³-hybridized carbons (Fsp3) is 0.500. The zero-order valence-electron chi connectivity index (χ0n) is 26.1. The molecular weight excluding hydrogens is 631 g/mol. The first kappa shape index (κ1) is 30.8. The van der Waals surface area contributed by atoms with Gasteiger partial charge in [-0.2, -0.15) is 9.97 Å². The normalized spacial score (nSPS) is 25.7. The highest BCUT2D eigenvalue weighted by Crippen LogP contribution is 2.43. The molecule has 4 aliphatic rings. The lowest BCUT2D eigenvalue weighted by atomic mass is 9.94. The fourth-order valence-corrected chi connectivity index (χ4v) is 9.64. The number of halogens is 3. The smallest absolute Gasteiger partial charge is 0.319 e. The minimum Gasteiger partial charge on any atom is -0.508 e. The maximum absolute atomic E-state index is 16.9. The Balaban J connectivity index is 1.24. The van der Waals surface area contributed by atoms with Gasteiger partial charge in [-0.05, 0) is 60.3 Å². The summed E-state index contributed by atoms with van der Waals surface area (Å²) < 4.78 is 71.3. The number of aromatic nitrogens is 3. The van der Waals surface area contributed by atoms with E-state index in [1.165, 1.54) is 24.4 Å². The molecule has 0 radical (unpaired) electrons. The number of hydrogen-bond acceptors (Lipinski definition) is 9. The van der Waals surface area contributed by atoms with E-state index in [0.717, 1.165) is 19.4 Å². The molecule has 0 bridgehead atoms. The maximum atomic E-state index is 16.9. The molecule has 0 amide bonds. The molecule has 2 aromatic carbocycles. The summed E-state index contributed by atoms with van der Waals surface area (Å²) in [5, 5.41) is 12.0. The predicted octanol–water partition coefficient (Wildman–Crippen LogP) is 5.42. The molecule has 13 heteroatoms. The molecule has 0 aliphatic carbocycles. The quantitative estimate of drug-likeness (QED) is 0.289. The van der Waals surface area contributed by atoms with Gasteiger partial charge in [0.25, 0.3) is 0 Å². The Labute approximate surface area is 272 Å². The number of pyridine rings is 1. The minimum atomic E-state index is -1.09. The summed E-state index contributed by atoms with van der Waals surface area (Å²) in [5.41, 5.74) is 0.0703. The Morgan fingerprint density at radius 1 is 1.15 bits per heavy atom. The van der Waals surface area contributed by atoms with Gasteiger partial charge in [0.1, 0.15) is 46.3 Å². The van der Waals surface area contributed by atoms with Gasteiger partial charge in [-0.25, -0.2) is 13.2 Å². The molecule has 9 nitrogen and oxygen atoms in total. The Bertz CT molecular complexity index is 1920. The van der Waals surface area contributed by atoms with Crippen molar-refractivity contribution in [2.45, 2.75) is 62.1 Å². The number of benzene rings is 2. The van der Waals surface area contributed by atoms with E-state index >= 15 is 4.39 Å². The molecule has 1 spiro atoms. The Morgan fingerprint density at radius 2 is 1.98 bits per heavy atom. The number of piperidine rings is 1. The molecule has 1 N–H and O–H groups in total. The largest absolute Gasteiger partial charge is 0.508 e. The van der Waals surface area contributed by atoms with Crippen molar-refractivity contribution < 1.29 is 32.0 Å². The average molecular weight is 668 g/mol. The number of anilines is 1. The summed E-state index contributed by atoms with van der Waals surface area (Å²) in [6.45, 7) is 4.56. The van der Waals surface area contributed by atoms with Crippen LogP contribution in [-0.4, -0.2) is 91.0 Å². The van der Waals surface area contributed by atoms with Gasteiger partial charge in [-0.1, -0.05) is 13.0 Å². The number of rotatable bonds is 6. The Morgan fingerprint density at radius 3 is 2.74 bits per heavy atom. The van der Waals surface area contributed by atoms with Crippen molar-refractivity contribution in [2.24, 2.45) is 0 Å². The molecule has 4 aliphatic heterocycles. The number of nitrogens with zero attached hydrogens (tertiary/aromatic N) is 5. The number of hydrogen-bond donors (Lipinski definition) is 1. The van der Waals surface area contributed by atoms with E-state index < -0.39 is 39.1 Å². The molecule has 1 unspecified atom stereocenters. The summed E-state index contributed by atoms with van der Waals surface area (Å²) in [5.74, 6) is -0.345. The Hall–Kier alpha value is -3.55. The number of alkyl halides is 1. The Kier molecular flexibility index (Phi) is 7.56. The SMILES string of the molecule is CCc1c(F)ccc2cc(O)cc(-c3ncc4c(N5CCC6(CC5)OCCS6=O)nc(OC[C@@]56CCCN5C[C@H](F)C6)nc4c3F)c12. The number of phenolic OH excluding ortho intramolecular Hbond substituents is 1. The second-order valence-electron chi connectivity index (χ2n) is 13.1. The van der Waals surface area contributed by atoms with Crippen LogP contribution in [0, 0.1) is 11.6 Å².